The van der Waals surface area contributed by atoms with Crippen LogP contribution in [0, 0.1) is 23.6 Å². The molecule has 2 aliphatic carbocycles. The van der Waals surface area contributed by atoms with E-state index in [1.807, 2.05) is 48.5 Å². The molecule has 3 aromatic rings. The summed E-state index contributed by atoms with van der Waals surface area (Å²) in [6.45, 7) is 4.58. The summed E-state index contributed by atoms with van der Waals surface area (Å²) in [5.74, 6) is -1.16. The van der Waals surface area contributed by atoms with E-state index in [1.54, 1.807) is 31.3 Å². The number of unbranched alkanes of at least 4 members (excludes halogenated alkanes) is 2. The number of oxime groups is 1. The van der Waals surface area contributed by atoms with Crippen LogP contribution in [0.25, 0.3) is 0 Å². The van der Waals surface area contributed by atoms with Crippen LogP contribution in [-0.2, 0) is 27.5 Å². The van der Waals surface area contributed by atoms with Crippen molar-refractivity contribution in [1.29, 1.82) is 0 Å². The van der Waals surface area contributed by atoms with Crippen molar-refractivity contribution < 1.29 is 43.2 Å². The third-order valence-electron chi connectivity index (χ3n) is 11.2. The Hall–Kier alpha value is -4.71. The van der Waals surface area contributed by atoms with Crippen LogP contribution in [0.5, 0.6) is 11.5 Å². The third-order valence-corrected chi connectivity index (χ3v) is 11.2. The lowest BCUT2D eigenvalue weighted by molar-refractivity contribution is -0.253. The van der Waals surface area contributed by atoms with E-state index in [4.69, 9.17) is 28.9 Å². The van der Waals surface area contributed by atoms with Crippen molar-refractivity contribution in [3.63, 3.8) is 0 Å². The van der Waals surface area contributed by atoms with E-state index in [0.717, 1.165) is 42.4 Å². The maximum Gasteiger partial charge on any atom is 0.409 e. The lowest BCUT2D eigenvalue weighted by atomic mass is 9.55. The number of fused-ring (bicyclic) bond motifs is 2. The highest BCUT2D eigenvalue weighted by molar-refractivity contribution is 6.02. The number of likely N-dealkylation sites (N-methyl/N-ethyl adjacent to an activating group) is 1. The molecule has 10 nitrogen and oxygen atoms in total. The van der Waals surface area contributed by atoms with Gasteiger partial charge in [-0.1, -0.05) is 78.7 Å². The zero-order valence-electron chi connectivity index (χ0n) is 31.8. The van der Waals surface area contributed by atoms with E-state index in [1.165, 1.54) is 18.1 Å². The lowest BCUT2D eigenvalue weighted by Crippen LogP contribution is -2.69. The molecule has 6 unspecified atom stereocenters. The number of allylic oxidation sites excluding steroid dienone is 1. The number of nitrogens with zero attached hydrogens (tertiary/aromatic N) is 2. The smallest absolute Gasteiger partial charge is 0.409 e. The number of benzene rings is 3. The van der Waals surface area contributed by atoms with Gasteiger partial charge in [0.15, 0.2) is 0 Å². The molecule has 11 heteroatoms. The van der Waals surface area contributed by atoms with Gasteiger partial charge in [0.2, 0.25) is 5.79 Å². The molecule has 0 spiro atoms. The van der Waals surface area contributed by atoms with E-state index >= 15 is 0 Å². The number of hydrogen-bond acceptors (Lipinski definition) is 9. The molecule has 1 amide bonds. The number of amides is 1. The first-order chi connectivity index (χ1) is 26.8. The summed E-state index contributed by atoms with van der Waals surface area (Å²) in [5, 5.41) is 24.4. The monoisotopic (exact) mass is 756 g/mol. The molecule has 0 radical (unpaired) electrons. The van der Waals surface area contributed by atoms with Gasteiger partial charge in [-0.2, -0.15) is 0 Å². The molecule has 294 valence electrons. The molecule has 6 rings (SSSR count). The zero-order valence-corrected chi connectivity index (χ0v) is 31.8. The molecule has 1 aliphatic heterocycles. The molecule has 55 heavy (non-hydrogen) atoms. The van der Waals surface area contributed by atoms with Crippen molar-refractivity contribution in [3.8, 4) is 11.5 Å². The van der Waals surface area contributed by atoms with Crippen LogP contribution in [0.15, 0.2) is 102 Å². The summed E-state index contributed by atoms with van der Waals surface area (Å²) in [6, 6.07) is 21.3. The lowest BCUT2D eigenvalue weighted by Gasteiger charge is -2.59. The van der Waals surface area contributed by atoms with Crippen molar-refractivity contribution >= 4 is 11.8 Å². The summed E-state index contributed by atoms with van der Waals surface area (Å²) in [6.07, 6.45) is 8.20. The van der Waals surface area contributed by atoms with Crippen LogP contribution in [-0.4, -0.2) is 72.7 Å². The molecule has 6 atom stereocenters. The Labute approximate surface area is 323 Å². The highest BCUT2D eigenvalue weighted by atomic mass is 19.1. The second kappa shape index (κ2) is 18.8. The summed E-state index contributed by atoms with van der Waals surface area (Å²) in [7, 11) is 3.03. The average Bonchev–Trinajstić information content (AvgIpc) is 3.21. The first kappa shape index (κ1) is 40.0. The Bertz CT molecular complexity index is 1820. The van der Waals surface area contributed by atoms with Crippen LogP contribution < -0.4 is 9.47 Å². The Morgan fingerprint density at radius 1 is 1.02 bits per heavy atom. The van der Waals surface area contributed by atoms with Crippen LogP contribution in [0.2, 0.25) is 0 Å². The quantitative estimate of drug-likeness (QED) is 0.0764. The fourth-order valence-electron chi connectivity index (χ4n) is 8.62. The maximum absolute atomic E-state index is 14.6. The Morgan fingerprint density at radius 2 is 1.76 bits per heavy atom. The first-order valence-corrected chi connectivity index (χ1v) is 19.3. The van der Waals surface area contributed by atoms with Gasteiger partial charge in [-0.25, -0.2) is 9.18 Å². The fraction of sp³-hybridized carbons (Fsp3) is 0.455. The summed E-state index contributed by atoms with van der Waals surface area (Å²) < 4.78 is 40.1. The van der Waals surface area contributed by atoms with Crippen molar-refractivity contribution in [1.82, 2.24) is 4.90 Å². The molecule has 1 fully saturated rings. The van der Waals surface area contributed by atoms with Crippen LogP contribution in [0.4, 0.5) is 9.18 Å². The van der Waals surface area contributed by atoms with Gasteiger partial charge in [0.25, 0.3) is 0 Å². The Morgan fingerprint density at radius 3 is 2.49 bits per heavy atom. The minimum atomic E-state index is -1.39. The van der Waals surface area contributed by atoms with E-state index in [9.17, 15) is 19.4 Å². The molecule has 2 N–H and O–H groups in total. The van der Waals surface area contributed by atoms with Crippen molar-refractivity contribution in [3.05, 3.63) is 120 Å². The number of carbonyl (C=O) groups excluding carboxylic acids is 1. The second-order valence-corrected chi connectivity index (χ2v) is 14.5. The van der Waals surface area contributed by atoms with Gasteiger partial charge in [-0.05, 0) is 72.9 Å². The molecule has 0 aromatic heterocycles. The largest absolute Gasteiger partial charge is 0.489 e. The number of rotatable bonds is 18. The van der Waals surface area contributed by atoms with E-state index in [0.29, 0.717) is 35.6 Å². The predicted octanol–water partition coefficient (Wildman–Crippen LogP) is 7.94. The molecule has 3 aliphatic rings. The van der Waals surface area contributed by atoms with Crippen LogP contribution >= 0.6 is 0 Å². The highest BCUT2D eigenvalue weighted by Crippen LogP contribution is 2.61. The topological polar surface area (TPSA) is 119 Å². The molecular weight excluding hydrogens is 703 g/mol. The number of carbonyl (C=O) groups is 1. The van der Waals surface area contributed by atoms with E-state index in [2.05, 4.69) is 12.7 Å². The number of ether oxygens (including phenoxy) is 4. The molecular formula is C44H53FN2O8. The van der Waals surface area contributed by atoms with Gasteiger partial charge in [-0.3, -0.25) is 0 Å². The minimum Gasteiger partial charge on any atom is -0.489 e. The Balaban J connectivity index is 1.52. The summed E-state index contributed by atoms with van der Waals surface area (Å²) in [5.41, 5.74) is 3.93. The number of halogens is 1. The third kappa shape index (κ3) is 8.74. The number of aliphatic hydroxyl groups excluding tert-OH is 2. The molecule has 1 heterocycles. The van der Waals surface area contributed by atoms with Gasteiger partial charge in [-0.15, -0.1) is 6.58 Å². The fourth-order valence-corrected chi connectivity index (χ4v) is 8.62. The minimum absolute atomic E-state index is 0.0449. The van der Waals surface area contributed by atoms with Gasteiger partial charge in [0.1, 0.15) is 36.6 Å². The van der Waals surface area contributed by atoms with Gasteiger partial charge in [0, 0.05) is 43.7 Å². The number of aliphatic hydroxyl groups is 2. The van der Waals surface area contributed by atoms with Crippen molar-refractivity contribution in [2.24, 2.45) is 22.9 Å². The van der Waals surface area contributed by atoms with E-state index < -0.39 is 23.8 Å². The van der Waals surface area contributed by atoms with Gasteiger partial charge >= 0.3 is 6.09 Å². The number of hydrogen-bond donors (Lipinski definition) is 2. The van der Waals surface area contributed by atoms with Crippen LogP contribution in [0.3, 0.4) is 0 Å². The molecule has 0 saturated heterocycles. The standard InChI is InChI=1S/C44H53FN2O8/c1-4-24-53-44-40(47(2)43(50)51-3)27-38(46-54-28-30-14-6-5-7-15-30)35-25-31(16-10-12-22-48)34(18-11-13-23-49)41(42(35)44)36-26-33(20-21-39(36)55-44)52-29-32-17-8-9-19-37(32)45/h4-9,14-15,17,19-21,25-26,31,34,40-42,48-49H,1,10-13,16,18,22-24,27-29H2,2-3H3. The predicted molar refractivity (Wildman–Crippen MR) is 207 cm³/mol. The maximum atomic E-state index is 14.6. The second-order valence-electron chi connectivity index (χ2n) is 14.5. The highest BCUT2D eigenvalue weighted by Gasteiger charge is 2.65. The zero-order chi connectivity index (χ0) is 38.8. The Kier molecular flexibility index (Phi) is 13.6. The summed E-state index contributed by atoms with van der Waals surface area (Å²) >= 11 is 0. The summed E-state index contributed by atoms with van der Waals surface area (Å²) in [4.78, 5) is 21.0. The van der Waals surface area contributed by atoms with Gasteiger partial charge in [0.05, 0.1) is 25.3 Å². The number of methoxy groups -OCH3 is 1. The first-order valence-electron chi connectivity index (χ1n) is 19.3. The molecule has 1 saturated carbocycles. The van der Waals surface area contributed by atoms with Crippen molar-refractivity contribution in [2.45, 2.75) is 75.9 Å². The van der Waals surface area contributed by atoms with Crippen molar-refractivity contribution in [2.75, 3.05) is 34.0 Å². The van der Waals surface area contributed by atoms with Crippen LogP contribution in [0.1, 0.15) is 67.6 Å². The SMILES string of the molecule is C=CCOC12Oc3ccc(OCc4ccccc4F)cc3C3C(CCCCO)C(CCCCO)C=C(C(=NOCc4ccccc4)CC1N(C)C(=O)OC)C32. The normalized spacial score (nSPS) is 24.5. The average molecular weight is 757 g/mol. The van der Waals surface area contributed by atoms with E-state index in [-0.39, 0.29) is 63.0 Å². The molecule has 3 aromatic carbocycles. The van der Waals surface area contributed by atoms with Gasteiger partial charge < -0.3 is 38.9 Å². The molecule has 0 bridgehead atoms.